The van der Waals surface area contributed by atoms with Crippen LogP contribution < -0.4 is 0 Å². The SMILES string of the molecule is CCC/C=C\C/C=C\CCCCCCCC(=O)OCC(COCCCCCCCC/C=C\CCCC)OC(=O)CCCCCCC/C=C\C/C=C\CCC. The standard InChI is InChI=1S/C49H86O5/c1-4-7-10-13-16-19-22-25-27-30-33-36-39-42-48(50)53-46-47(45-52-44-41-38-35-32-29-24-21-18-15-12-9-6-3)54-49(51)43-40-37-34-31-28-26-23-20-17-14-11-8-5-2/h10-11,13-15,18-20,22-23,47H,4-9,12,16-17,21,24-46H2,1-3H3/b13-10-,14-11-,18-15-,22-19-,23-20-. The molecule has 0 radical (unpaired) electrons. The number of esters is 2. The lowest BCUT2D eigenvalue weighted by Crippen LogP contribution is -2.30. The highest BCUT2D eigenvalue weighted by Crippen LogP contribution is 2.13. The first-order valence-electron chi connectivity index (χ1n) is 22.8. The van der Waals surface area contributed by atoms with Crippen molar-refractivity contribution in [3.63, 3.8) is 0 Å². The lowest BCUT2D eigenvalue weighted by atomic mass is 10.1. The molecular weight excluding hydrogens is 669 g/mol. The van der Waals surface area contributed by atoms with Crippen LogP contribution in [0.25, 0.3) is 0 Å². The van der Waals surface area contributed by atoms with E-state index in [1.165, 1.54) is 103 Å². The summed E-state index contributed by atoms with van der Waals surface area (Å²) in [6.45, 7) is 7.62. The van der Waals surface area contributed by atoms with Gasteiger partial charge in [-0.3, -0.25) is 9.59 Å². The van der Waals surface area contributed by atoms with Crippen molar-refractivity contribution >= 4 is 11.9 Å². The van der Waals surface area contributed by atoms with Crippen LogP contribution in [0.4, 0.5) is 0 Å². The van der Waals surface area contributed by atoms with Crippen LogP contribution >= 0.6 is 0 Å². The molecule has 0 heterocycles. The van der Waals surface area contributed by atoms with Gasteiger partial charge in [-0.2, -0.15) is 0 Å². The zero-order chi connectivity index (χ0) is 39.3. The molecule has 0 aromatic rings. The zero-order valence-corrected chi connectivity index (χ0v) is 35.7. The Labute approximate surface area is 334 Å². The van der Waals surface area contributed by atoms with Gasteiger partial charge < -0.3 is 14.2 Å². The van der Waals surface area contributed by atoms with Crippen molar-refractivity contribution in [2.45, 2.75) is 219 Å². The van der Waals surface area contributed by atoms with Gasteiger partial charge in [-0.05, 0) is 89.9 Å². The first-order chi connectivity index (χ1) is 26.6. The predicted octanol–water partition coefficient (Wildman–Crippen LogP) is 15.0. The number of ether oxygens (including phenoxy) is 3. The second-order valence-corrected chi connectivity index (χ2v) is 14.9. The van der Waals surface area contributed by atoms with Crippen LogP contribution in [0.5, 0.6) is 0 Å². The minimum absolute atomic E-state index is 0.0688. The molecule has 0 fully saturated rings. The normalized spacial score (nSPS) is 12.7. The highest BCUT2D eigenvalue weighted by Gasteiger charge is 2.17. The molecule has 0 aromatic heterocycles. The minimum atomic E-state index is -0.550. The van der Waals surface area contributed by atoms with Crippen molar-refractivity contribution in [2.75, 3.05) is 19.8 Å². The molecular formula is C49H86O5. The van der Waals surface area contributed by atoms with Crippen LogP contribution in [0.15, 0.2) is 60.8 Å². The van der Waals surface area contributed by atoms with Gasteiger partial charge in [-0.1, -0.05) is 171 Å². The molecule has 54 heavy (non-hydrogen) atoms. The number of hydrogen-bond donors (Lipinski definition) is 0. The van der Waals surface area contributed by atoms with Crippen molar-refractivity contribution in [3.8, 4) is 0 Å². The van der Waals surface area contributed by atoms with Crippen molar-refractivity contribution in [1.29, 1.82) is 0 Å². The largest absolute Gasteiger partial charge is 0.462 e. The number of carbonyl (C=O) groups is 2. The maximum absolute atomic E-state index is 12.7. The molecule has 0 amide bonds. The van der Waals surface area contributed by atoms with Crippen LogP contribution in [0.3, 0.4) is 0 Å². The van der Waals surface area contributed by atoms with Gasteiger partial charge >= 0.3 is 11.9 Å². The average molecular weight is 755 g/mol. The second-order valence-electron chi connectivity index (χ2n) is 14.9. The smallest absolute Gasteiger partial charge is 0.306 e. The lowest BCUT2D eigenvalue weighted by Gasteiger charge is -2.18. The minimum Gasteiger partial charge on any atom is -0.462 e. The molecule has 0 aliphatic rings. The van der Waals surface area contributed by atoms with Gasteiger partial charge in [0.25, 0.3) is 0 Å². The van der Waals surface area contributed by atoms with Crippen LogP contribution in [0.2, 0.25) is 0 Å². The third kappa shape index (κ3) is 42.3. The molecule has 0 saturated carbocycles. The van der Waals surface area contributed by atoms with Crippen LogP contribution in [-0.4, -0.2) is 37.9 Å². The molecule has 1 unspecified atom stereocenters. The van der Waals surface area contributed by atoms with Gasteiger partial charge in [0, 0.05) is 19.4 Å². The second kappa shape index (κ2) is 45.0. The van der Waals surface area contributed by atoms with E-state index in [1.54, 1.807) is 0 Å². The van der Waals surface area contributed by atoms with E-state index in [-0.39, 0.29) is 25.2 Å². The molecule has 5 nitrogen and oxygen atoms in total. The van der Waals surface area contributed by atoms with Crippen molar-refractivity contribution in [2.24, 2.45) is 0 Å². The van der Waals surface area contributed by atoms with E-state index in [0.717, 1.165) is 77.0 Å². The lowest BCUT2D eigenvalue weighted by molar-refractivity contribution is -0.163. The van der Waals surface area contributed by atoms with Crippen molar-refractivity contribution < 1.29 is 23.8 Å². The fourth-order valence-corrected chi connectivity index (χ4v) is 6.04. The van der Waals surface area contributed by atoms with Gasteiger partial charge in [-0.25, -0.2) is 0 Å². The summed E-state index contributed by atoms with van der Waals surface area (Å²) >= 11 is 0. The molecule has 0 N–H and O–H groups in total. The molecule has 0 aromatic carbocycles. The predicted molar refractivity (Wildman–Crippen MR) is 233 cm³/mol. The Morgan fingerprint density at radius 1 is 0.407 bits per heavy atom. The summed E-state index contributed by atoms with van der Waals surface area (Å²) in [6, 6.07) is 0. The number of allylic oxidation sites excluding steroid dienone is 10. The third-order valence-corrected chi connectivity index (χ3v) is 9.46. The quantitative estimate of drug-likeness (QED) is 0.0353. The van der Waals surface area contributed by atoms with E-state index >= 15 is 0 Å². The molecule has 312 valence electrons. The summed E-state index contributed by atoms with van der Waals surface area (Å²) in [5.41, 5.74) is 0. The average Bonchev–Trinajstić information content (AvgIpc) is 3.17. The van der Waals surface area contributed by atoms with Crippen molar-refractivity contribution in [3.05, 3.63) is 60.8 Å². The number of unbranched alkanes of at least 4 members (excludes halogenated alkanes) is 20. The van der Waals surface area contributed by atoms with E-state index in [4.69, 9.17) is 14.2 Å². The number of rotatable bonds is 41. The molecule has 5 heteroatoms. The summed E-state index contributed by atoms with van der Waals surface area (Å²) in [4.78, 5) is 25.2. The Balaban J connectivity index is 4.31. The Hall–Kier alpha value is -2.40. The zero-order valence-electron chi connectivity index (χ0n) is 35.7. The molecule has 0 aliphatic heterocycles. The maximum Gasteiger partial charge on any atom is 0.306 e. The van der Waals surface area contributed by atoms with Crippen molar-refractivity contribution in [1.82, 2.24) is 0 Å². The summed E-state index contributed by atoms with van der Waals surface area (Å²) < 4.78 is 17.3. The summed E-state index contributed by atoms with van der Waals surface area (Å²) in [6.07, 6.45) is 55.0. The molecule has 0 saturated heterocycles. The van der Waals surface area contributed by atoms with E-state index in [2.05, 4.69) is 81.5 Å². The maximum atomic E-state index is 12.7. The van der Waals surface area contributed by atoms with Crippen LogP contribution in [0, 0.1) is 0 Å². The Morgan fingerprint density at radius 3 is 1.31 bits per heavy atom. The molecule has 0 bridgehead atoms. The molecule has 0 rings (SSSR count). The van der Waals surface area contributed by atoms with Crippen LogP contribution in [-0.2, 0) is 23.8 Å². The molecule has 0 aliphatic carbocycles. The molecule has 0 spiro atoms. The topological polar surface area (TPSA) is 61.8 Å². The first kappa shape index (κ1) is 51.6. The Kier molecular flexibility index (Phi) is 43.0. The van der Waals surface area contributed by atoms with E-state index in [9.17, 15) is 9.59 Å². The van der Waals surface area contributed by atoms with Crippen LogP contribution in [0.1, 0.15) is 213 Å². The third-order valence-electron chi connectivity index (χ3n) is 9.46. The Morgan fingerprint density at radius 2 is 0.815 bits per heavy atom. The van der Waals surface area contributed by atoms with Gasteiger partial charge in [0.2, 0.25) is 0 Å². The van der Waals surface area contributed by atoms with E-state index in [1.807, 2.05) is 0 Å². The monoisotopic (exact) mass is 755 g/mol. The summed E-state index contributed by atoms with van der Waals surface area (Å²) in [5.74, 6) is -0.434. The van der Waals surface area contributed by atoms with Gasteiger partial charge in [0.15, 0.2) is 6.10 Å². The van der Waals surface area contributed by atoms with Gasteiger partial charge in [0.1, 0.15) is 6.61 Å². The van der Waals surface area contributed by atoms with Gasteiger partial charge in [0.05, 0.1) is 6.61 Å². The highest BCUT2D eigenvalue weighted by atomic mass is 16.6. The van der Waals surface area contributed by atoms with Gasteiger partial charge in [-0.15, -0.1) is 0 Å². The molecule has 1 atom stereocenters. The van der Waals surface area contributed by atoms with E-state index in [0.29, 0.717) is 19.4 Å². The number of carbonyl (C=O) groups excluding carboxylic acids is 2. The Bertz CT molecular complexity index is 946. The highest BCUT2D eigenvalue weighted by molar-refractivity contribution is 5.70. The fourth-order valence-electron chi connectivity index (χ4n) is 6.04. The summed E-state index contributed by atoms with van der Waals surface area (Å²) in [7, 11) is 0. The first-order valence-corrected chi connectivity index (χ1v) is 22.8. The van der Waals surface area contributed by atoms with E-state index < -0.39 is 6.10 Å². The summed E-state index contributed by atoms with van der Waals surface area (Å²) in [5, 5.41) is 0. The fraction of sp³-hybridized carbons (Fsp3) is 0.755. The number of hydrogen-bond acceptors (Lipinski definition) is 5.